The zero-order chi connectivity index (χ0) is 18.8. The topological polar surface area (TPSA) is 110 Å². The van der Waals surface area contributed by atoms with Crippen molar-refractivity contribution in [2.75, 3.05) is 0 Å². The second kappa shape index (κ2) is 7.08. The number of carbonyl (C=O) groups is 2. The third kappa shape index (κ3) is 4.46. The Balaban J connectivity index is 2.37. The number of aryl methyl sites for hydroxylation is 2. The summed E-state index contributed by atoms with van der Waals surface area (Å²) in [6.07, 6.45) is -4.16. The van der Waals surface area contributed by atoms with E-state index in [-0.39, 0.29) is 36.1 Å². The van der Waals surface area contributed by atoms with Gasteiger partial charge in [-0.1, -0.05) is 0 Å². The third-order valence-electron chi connectivity index (χ3n) is 4.02. The van der Waals surface area contributed by atoms with E-state index in [1.165, 1.54) is 6.07 Å². The predicted molar refractivity (Wildman–Crippen MR) is 78.9 cm³/mol. The zero-order valence-electron chi connectivity index (χ0n) is 12.9. The minimum Gasteiger partial charge on any atom is -0.481 e. The largest absolute Gasteiger partial charge is 0.481 e. The number of nitrogens with zero attached hydrogens (tertiary/aromatic N) is 1. The van der Waals surface area contributed by atoms with Crippen molar-refractivity contribution in [2.24, 2.45) is 0 Å². The maximum absolute atomic E-state index is 12.5. The number of nitro groups is 1. The maximum atomic E-state index is 12.5. The highest BCUT2D eigenvalue weighted by Crippen LogP contribution is 2.35. The highest BCUT2D eigenvalue weighted by atomic mass is 19.4. The SMILES string of the molecule is O=C(O)CCc1cc2c(cc1[N+](=O)[O-])C(NC(=O)C(F)(F)F)CCC2. The van der Waals surface area contributed by atoms with Gasteiger partial charge in [-0.3, -0.25) is 19.7 Å². The summed E-state index contributed by atoms with van der Waals surface area (Å²) in [6, 6.07) is 1.64. The number of hydrogen-bond acceptors (Lipinski definition) is 4. The van der Waals surface area contributed by atoms with Gasteiger partial charge in [0.05, 0.1) is 11.0 Å². The second-order valence-electron chi connectivity index (χ2n) is 5.75. The zero-order valence-corrected chi connectivity index (χ0v) is 12.9. The fourth-order valence-corrected chi connectivity index (χ4v) is 2.90. The predicted octanol–water partition coefficient (Wildman–Crippen LogP) is 2.67. The summed E-state index contributed by atoms with van der Waals surface area (Å²) in [5.41, 5.74) is 0.724. The quantitative estimate of drug-likeness (QED) is 0.620. The minimum atomic E-state index is -5.04. The Morgan fingerprint density at radius 1 is 1.36 bits per heavy atom. The van der Waals surface area contributed by atoms with E-state index in [2.05, 4.69) is 0 Å². The van der Waals surface area contributed by atoms with Gasteiger partial charge in [0.1, 0.15) is 0 Å². The molecule has 0 saturated heterocycles. The number of amides is 1. The van der Waals surface area contributed by atoms with E-state index < -0.39 is 29.0 Å². The van der Waals surface area contributed by atoms with Gasteiger partial charge in [0.2, 0.25) is 0 Å². The van der Waals surface area contributed by atoms with Crippen LogP contribution < -0.4 is 5.32 Å². The summed E-state index contributed by atoms with van der Waals surface area (Å²) in [5, 5.41) is 21.8. The molecule has 0 saturated carbocycles. The Bertz CT molecular complexity index is 718. The Morgan fingerprint density at radius 3 is 2.60 bits per heavy atom. The number of nitro benzene ring substituents is 1. The molecule has 0 bridgehead atoms. The van der Waals surface area contributed by atoms with Crippen LogP contribution in [-0.2, 0) is 22.4 Å². The number of nitrogens with one attached hydrogen (secondary N) is 1. The first kappa shape index (κ1) is 18.7. The summed E-state index contributed by atoms with van der Waals surface area (Å²) in [4.78, 5) is 32.4. The average molecular weight is 360 g/mol. The Morgan fingerprint density at radius 2 is 2.04 bits per heavy atom. The van der Waals surface area contributed by atoms with E-state index in [4.69, 9.17) is 5.11 Å². The van der Waals surface area contributed by atoms with Gasteiger partial charge in [-0.15, -0.1) is 0 Å². The smallest absolute Gasteiger partial charge is 0.471 e. The van der Waals surface area contributed by atoms with Crippen molar-refractivity contribution in [3.63, 3.8) is 0 Å². The van der Waals surface area contributed by atoms with Gasteiger partial charge >= 0.3 is 18.1 Å². The van der Waals surface area contributed by atoms with Crippen LogP contribution in [0.1, 0.15) is 42.0 Å². The van der Waals surface area contributed by atoms with Gasteiger partial charge in [-0.2, -0.15) is 13.2 Å². The summed E-state index contributed by atoms with van der Waals surface area (Å²) in [7, 11) is 0. The molecule has 1 amide bonds. The number of benzene rings is 1. The fraction of sp³-hybridized carbons (Fsp3) is 0.467. The number of alkyl halides is 3. The molecule has 25 heavy (non-hydrogen) atoms. The van der Waals surface area contributed by atoms with Crippen molar-refractivity contribution in [3.8, 4) is 0 Å². The molecule has 0 heterocycles. The van der Waals surface area contributed by atoms with Gasteiger partial charge in [0.15, 0.2) is 0 Å². The molecule has 2 N–H and O–H groups in total. The van der Waals surface area contributed by atoms with Crippen molar-refractivity contribution < 1.29 is 32.8 Å². The molecular formula is C15H15F3N2O5. The van der Waals surface area contributed by atoms with E-state index in [1.54, 1.807) is 0 Å². The van der Waals surface area contributed by atoms with Crippen LogP contribution in [0.15, 0.2) is 12.1 Å². The summed E-state index contributed by atoms with van der Waals surface area (Å²) in [5.74, 6) is -3.20. The number of halogens is 3. The van der Waals surface area contributed by atoms with Gasteiger partial charge in [0, 0.05) is 18.1 Å². The Labute approximate surface area is 140 Å². The van der Waals surface area contributed by atoms with Crippen LogP contribution in [-0.4, -0.2) is 28.1 Å². The van der Waals surface area contributed by atoms with Crippen LogP contribution in [0, 0.1) is 10.1 Å². The molecule has 0 aromatic heterocycles. The molecule has 10 heteroatoms. The molecule has 1 aromatic carbocycles. The number of rotatable bonds is 5. The molecule has 1 aliphatic rings. The lowest BCUT2D eigenvalue weighted by atomic mass is 9.85. The summed E-state index contributed by atoms with van der Waals surface area (Å²) in [6.45, 7) is 0. The average Bonchev–Trinajstić information content (AvgIpc) is 2.51. The Hall–Kier alpha value is -2.65. The van der Waals surface area contributed by atoms with Crippen molar-refractivity contribution >= 4 is 17.6 Å². The number of carbonyl (C=O) groups excluding carboxylic acids is 1. The van der Waals surface area contributed by atoms with E-state index in [0.29, 0.717) is 18.4 Å². The van der Waals surface area contributed by atoms with Gasteiger partial charge in [-0.25, -0.2) is 0 Å². The standard InChI is InChI=1S/C15H15F3N2O5/c16-15(17,18)14(23)19-11-3-1-2-8-6-9(4-5-13(21)22)12(20(24)25)7-10(8)11/h6-7,11H,1-5H2,(H,19,23)(H,21,22). The highest BCUT2D eigenvalue weighted by Gasteiger charge is 2.40. The molecule has 136 valence electrons. The molecule has 7 nitrogen and oxygen atoms in total. The Kier molecular flexibility index (Phi) is 5.29. The number of hydrogen-bond donors (Lipinski definition) is 2. The monoisotopic (exact) mass is 360 g/mol. The van der Waals surface area contributed by atoms with Crippen LogP contribution in [0.25, 0.3) is 0 Å². The van der Waals surface area contributed by atoms with Crippen LogP contribution in [0.4, 0.5) is 18.9 Å². The van der Waals surface area contributed by atoms with E-state index in [1.807, 2.05) is 5.32 Å². The molecule has 1 atom stereocenters. The molecule has 0 radical (unpaired) electrons. The lowest BCUT2D eigenvalue weighted by Gasteiger charge is -2.27. The van der Waals surface area contributed by atoms with E-state index in [0.717, 1.165) is 6.07 Å². The van der Waals surface area contributed by atoms with Crippen LogP contribution in [0.2, 0.25) is 0 Å². The number of carboxylic acids is 1. The third-order valence-corrected chi connectivity index (χ3v) is 4.02. The molecular weight excluding hydrogens is 345 g/mol. The first-order valence-electron chi connectivity index (χ1n) is 7.49. The van der Waals surface area contributed by atoms with Crippen molar-refractivity contribution in [2.45, 2.75) is 44.3 Å². The van der Waals surface area contributed by atoms with Gasteiger partial charge in [0.25, 0.3) is 5.69 Å². The van der Waals surface area contributed by atoms with Crippen molar-refractivity contribution in [1.29, 1.82) is 0 Å². The molecule has 0 fully saturated rings. The molecule has 2 rings (SSSR count). The van der Waals surface area contributed by atoms with E-state index in [9.17, 15) is 32.9 Å². The van der Waals surface area contributed by atoms with Gasteiger partial charge in [-0.05, 0) is 42.9 Å². The molecule has 1 unspecified atom stereocenters. The lowest BCUT2D eigenvalue weighted by molar-refractivity contribution is -0.385. The summed E-state index contributed by atoms with van der Waals surface area (Å²) >= 11 is 0. The number of aliphatic carboxylic acids is 1. The van der Waals surface area contributed by atoms with Crippen molar-refractivity contribution in [3.05, 3.63) is 38.9 Å². The van der Waals surface area contributed by atoms with Crippen LogP contribution in [0.5, 0.6) is 0 Å². The first-order valence-corrected chi connectivity index (χ1v) is 7.49. The maximum Gasteiger partial charge on any atom is 0.471 e. The van der Waals surface area contributed by atoms with Crippen LogP contribution in [0.3, 0.4) is 0 Å². The molecule has 1 aliphatic carbocycles. The summed E-state index contributed by atoms with van der Waals surface area (Å²) < 4.78 is 37.4. The van der Waals surface area contributed by atoms with Crippen molar-refractivity contribution in [1.82, 2.24) is 5.32 Å². The molecule has 0 spiro atoms. The molecule has 0 aliphatic heterocycles. The number of carboxylic acid groups (broad SMARTS) is 1. The highest BCUT2D eigenvalue weighted by molar-refractivity contribution is 5.82. The number of fused-ring (bicyclic) bond motifs is 1. The molecule has 1 aromatic rings. The van der Waals surface area contributed by atoms with E-state index >= 15 is 0 Å². The lowest BCUT2D eigenvalue weighted by Crippen LogP contribution is -2.40. The normalized spacial score (nSPS) is 16.8. The first-order chi connectivity index (χ1) is 11.6. The van der Waals surface area contributed by atoms with Crippen LogP contribution >= 0.6 is 0 Å². The fourth-order valence-electron chi connectivity index (χ4n) is 2.90. The minimum absolute atomic E-state index is 0.0570. The van der Waals surface area contributed by atoms with Gasteiger partial charge < -0.3 is 10.4 Å². The second-order valence-corrected chi connectivity index (χ2v) is 5.75.